The summed E-state index contributed by atoms with van der Waals surface area (Å²) < 4.78 is 11.3. The quantitative estimate of drug-likeness (QED) is 0.413. The number of halogens is 2. The predicted molar refractivity (Wildman–Crippen MR) is 119 cm³/mol. The highest BCUT2D eigenvalue weighted by Crippen LogP contribution is 2.34. The zero-order valence-electron chi connectivity index (χ0n) is 15.0. The van der Waals surface area contributed by atoms with Gasteiger partial charge in [0, 0.05) is 12.1 Å². The van der Waals surface area contributed by atoms with Crippen LogP contribution in [0.2, 0.25) is 10.0 Å². The van der Waals surface area contributed by atoms with Crippen molar-refractivity contribution in [1.82, 2.24) is 4.90 Å². The molecule has 146 valence electrons. The Morgan fingerprint density at radius 2 is 1.93 bits per heavy atom. The fourth-order valence-corrected chi connectivity index (χ4v) is 4.17. The predicted octanol–water partition coefficient (Wildman–Crippen LogP) is 5.42. The summed E-state index contributed by atoms with van der Waals surface area (Å²) in [4.78, 5) is 14.6. The van der Waals surface area contributed by atoms with Crippen molar-refractivity contribution in [2.45, 2.75) is 6.61 Å². The van der Waals surface area contributed by atoms with Crippen LogP contribution < -0.4 is 4.74 Å². The Morgan fingerprint density at radius 1 is 1.18 bits per heavy atom. The molecule has 3 rings (SSSR count). The summed E-state index contributed by atoms with van der Waals surface area (Å²) in [5.41, 5.74) is 1.79. The number of hydrogen-bond donors (Lipinski definition) is 0. The van der Waals surface area contributed by atoms with Crippen LogP contribution in [0.15, 0.2) is 47.4 Å². The molecule has 0 atom stereocenters. The lowest BCUT2D eigenvalue weighted by Gasteiger charge is -2.13. The summed E-state index contributed by atoms with van der Waals surface area (Å²) in [6.45, 7) is 1.26. The highest BCUT2D eigenvalue weighted by molar-refractivity contribution is 8.26. The molecule has 1 heterocycles. The minimum absolute atomic E-state index is 0.119. The zero-order chi connectivity index (χ0) is 20.1. The molecule has 1 aliphatic rings. The van der Waals surface area contributed by atoms with E-state index in [0.29, 0.717) is 44.8 Å². The molecule has 1 saturated heterocycles. The Hall–Kier alpha value is -1.57. The standard InChI is InChI=1S/C20H17Cl2NO3S2/c1-25-9-8-23-19(24)18(28-20(23)27)11-14-4-7-17(16(22)10-14)26-12-13-2-5-15(21)6-3-13/h2-7,10-11H,8-9,12H2,1H3. The molecule has 8 heteroatoms. The van der Waals surface area contributed by atoms with Crippen LogP contribution in [0.3, 0.4) is 0 Å². The third-order valence-corrected chi connectivity index (χ3v) is 5.88. The van der Waals surface area contributed by atoms with E-state index in [0.717, 1.165) is 11.1 Å². The van der Waals surface area contributed by atoms with Crippen molar-refractivity contribution in [3.8, 4) is 5.75 Å². The molecule has 4 nitrogen and oxygen atoms in total. The number of hydrogen-bond acceptors (Lipinski definition) is 5. The largest absolute Gasteiger partial charge is 0.487 e. The fraction of sp³-hybridized carbons (Fsp3) is 0.200. The van der Waals surface area contributed by atoms with E-state index in [9.17, 15) is 4.79 Å². The minimum atomic E-state index is -0.119. The van der Waals surface area contributed by atoms with Gasteiger partial charge >= 0.3 is 0 Å². The minimum Gasteiger partial charge on any atom is -0.487 e. The first-order chi connectivity index (χ1) is 13.5. The third-order valence-electron chi connectivity index (χ3n) is 3.95. The molecule has 28 heavy (non-hydrogen) atoms. The average Bonchev–Trinajstić information content (AvgIpc) is 2.94. The van der Waals surface area contributed by atoms with Gasteiger partial charge in [-0.3, -0.25) is 9.69 Å². The topological polar surface area (TPSA) is 38.8 Å². The number of thioether (sulfide) groups is 1. The summed E-state index contributed by atoms with van der Waals surface area (Å²) in [5.74, 6) is 0.452. The summed E-state index contributed by atoms with van der Waals surface area (Å²) >= 11 is 18.8. The van der Waals surface area contributed by atoms with Gasteiger partial charge in [-0.05, 0) is 41.5 Å². The van der Waals surface area contributed by atoms with Gasteiger partial charge in [0.2, 0.25) is 0 Å². The summed E-state index contributed by atoms with van der Waals surface area (Å²) in [7, 11) is 1.59. The van der Waals surface area contributed by atoms with E-state index in [1.54, 1.807) is 30.2 Å². The van der Waals surface area contributed by atoms with Gasteiger partial charge in [0.15, 0.2) is 0 Å². The van der Waals surface area contributed by atoms with Crippen LogP contribution in [-0.4, -0.2) is 35.4 Å². The fourth-order valence-electron chi connectivity index (χ4n) is 2.49. The number of thiocarbonyl (C=S) groups is 1. The monoisotopic (exact) mass is 453 g/mol. The first kappa shape index (κ1) is 21.1. The van der Waals surface area contributed by atoms with E-state index in [-0.39, 0.29) is 5.91 Å². The summed E-state index contributed by atoms with van der Waals surface area (Å²) in [6, 6.07) is 12.8. The number of rotatable bonds is 7. The second-order valence-corrected chi connectivity index (χ2v) is 8.45. The van der Waals surface area contributed by atoms with Gasteiger partial charge in [0.1, 0.15) is 16.7 Å². The number of methoxy groups -OCH3 is 1. The highest BCUT2D eigenvalue weighted by atomic mass is 35.5. The molecule has 0 saturated carbocycles. The van der Waals surface area contributed by atoms with E-state index in [4.69, 9.17) is 44.9 Å². The molecule has 0 aromatic heterocycles. The van der Waals surface area contributed by atoms with E-state index >= 15 is 0 Å². The summed E-state index contributed by atoms with van der Waals surface area (Å²) in [5, 5.41) is 1.15. The number of benzene rings is 2. The Labute approximate surface area is 183 Å². The molecular formula is C20H17Cl2NO3S2. The Bertz CT molecular complexity index is 916. The maximum atomic E-state index is 12.5. The van der Waals surface area contributed by atoms with E-state index in [1.807, 2.05) is 30.3 Å². The zero-order valence-corrected chi connectivity index (χ0v) is 18.1. The van der Waals surface area contributed by atoms with E-state index < -0.39 is 0 Å². The van der Waals surface area contributed by atoms with Crippen molar-refractivity contribution >= 4 is 63.5 Å². The molecule has 0 aliphatic carbocycles. The van der Waals surface area contributed by atoms with Crippen LogP contribution in [0.5, 0.6) is 5.75 Å². The number of nitrogens with zero attached hydrogens (tertiary/aromatic N) is 1. The first-order valence-corrected chi connectivity index (χ1v) is 10.4. The van der Waals surface area contributed by atoms with Gasteiger partial charge in [-0.1, -0.05) is 65.4 Å². The van der Waals surface area contributed by atoms with Crippen LogP contribution in [0, 0.1) is 0 Å². The molecule has 1 amide bonds. The number of carbonyl (C=O) groups is 1. The number of amides is 1. The number of ether oxygens (including phenoxy) is 2. The van der Waals surface area contributed by atoms with Crippen LogP contribution in [-0.2, 0) is 16.1 Å². The Morgan fingerprint density at radius 3 is 2.61 bits per heavy atom. The van der Waals surface area contributed by atoms with Crippen molar-refractivity contribution < 1.29 is 14.3 Å². The molecule has 1 aliphatic heterocycles. The van der Waals surface area contributed by atoms with Gasteiger partial charge in [0.05, 0.1) is 23.1 Å². The lowest BCUT2D eigenvalue weighted by Crippen LogP contribution is -2.31. The van der Waals surface area contributed by atoms with E-state index in [1.165, 1.54) is 11.8 Å². The van der Waals surface area contributed by atoms with Crippen molar-refractivity contribution in [2.24, 2.45) is 0 Å². The first-order valence-electron chi connectivity index (χ1n) is 8.39. The normalized spacial score (nSPS) is 15.5. The lowest BCUT2D eigenvalue weighted by molar-refractivity contribution is -0.122. The third kappa shape index (κ3) is 5.27. The molecule has 1 fully saturated rings. The Balaban J connectivity index is 1.68. The molecular weight excluding hydrogens is 437 g/mol. The van der Waals surface area contributed by atoms with Crippen LogP contribution in [0.4, 0.5) is 0 Å². The van der Waals surface area contributed by atoms with Gasteiger partial charge in [-0.15, -0.1) is 0 Å². The highest BCUT2D eigenvalue weighted by Gasteiger charge is 2.31. The van der Waals surface area contributed by atoms with Crippen molar-refractivity contribution in [1.29, 1.82) is 0 Å². The van der Waals surface area contributed by atoms with Crippen molar-refractivity contribution in [2.75, 3.05) is 20.3 Å². The summed E-state index contributed by atoms with van der Waals surface area (Å²) in [6.07, 6.45) is 1.78. The average molecular weight is 454 g/mol. The second kappa shape index (κ2) is 9.76. The molecule has 0 bridgehead atoms. The SMILES string of the molecule is COCCN1C(=O)C(=Cc2ccc(OCc3ccc(Cl)cc3)c(Cl)c2)SC1=S. The van der Waals surface area contributed by atoms with E-state index in [2.05, 4.69) is 0 Å². The molecule has 2 aromatic carbocycles. The maximum Gasteiger partial charge on any atom is 0.266 e. The van der Waals surface area contributed by atoms with Gasteiger partial charge in [-0.2, -0.15) is 0 Å². The second-order valence-electron chi connectivity index (χ2n) is 5.93. The van der Waals surface area contributed by atoms with Crippen molar-refractivity contribution in [3.05, 3.63) is 68.5 Å². The number of carbonyl (C=O) groups excluding carboxylic acids is 1. The van der Waals surface area contributed by atoms with Crippen LogP contribution in [0.25, 0.3) is 6.08 Å². The van der Waals surface area contributed by atoms with Crippen LogP contribution in [0.1, 0.15) is 11.1 Å². The van der Waals surface area contributed by atoms with Crippen LogP contribution >= 0.6 is 47.2 Å². The molecule has 0 radical (unpaired) electrons. The van der Waals surface area contributed by atoms with Gasteiger partial charge in [-0.25, -0.2) is 0 Å². The molecule has 0 unspecified atom stereocenters. The van der Waals surface area contributed by atoms with Gasteiger partial charge < -0.3 is 9.47 Å². The smallest absolute Gasteiger partial charge is 0.266 e. The lowest BCUT2D eigenvalue weighted by atomic mass is 10.2. The van der Waals surface area contributed by atoms with Crippen molar-refractivity contribution in [3.63, 3.8) is 0 Å². The maximum absolute atomic E-state index is 12.5. The Kier molecular flexibility index (Phi) is 7.37. The molecule has 0 N–H and O–H groups in total. The molecule has 0 spiro atoms. The van der Waals surface area contributed by atoms with Gasteiger partial charge in [0.25, 0.3) is 5.91 Å². The molecule has 2 aromatic rings.